The van der Waals surface area contributed by atoms with Crippen molar-refractivity contribution in [2.24, 2.45) is 5.92 Å². The first-order valence-electron chi connectivity index (χ1n) is 8.57. The summed E-state index contributed by atoms with van der Waals surface area (Å²) < 4.78 is 5.51. The molecular formula is C19H26NO2+. The van der Waals surface area contributed by atoms with Crippen LogP contribution in [0.3, 0.4) is 0 Å². The van der Waals surface area contributed by atoms with Crippen molar-refractivity contribution in [2.45, 2.75) is 38.1 Å². The SMILES string of the molecule is O=C(/C=C/c1ccccc1)OC[C@H]1CCC[NH+]2CCCC[C@@H]12. The summed E-state index contributed by atoms with van der Waals surface area (Å²) in [7, 11) is 0. The molecule has 3 atom stereocenters. The Morgan fingerprint density at radius 1 is 1.14 bits per heavy atom. The molecule has 2 saturated heterocycles. The minimum atomic E-state index is -0.216. The van der Waals surface area contributed by atoms with Crippen molar-refractivity contribution in [1.82, 2.24) is 0 Å². The highest BCUT2D eigenvalue weighted by Gasteiger charge is 2.36. The fourth-order valence-electron chi connectivity index (χ4n) is 3.94. The smallest absolute Gasteiger partial charge is 0.330 e. The van der Waals surface area contributed by atoms with Crippen LogP contribution in [-0.2, 0) is 9.53 Å². The summed E-state index contributed by atoms with van der Waals surface area (Å²) in [4.78, 5) is 13.7. The molecule has 1 aromatic rings. The molecule has 3 heteroatoms. The van der Waals surface area contributed by atoms with Gasteiger partial charge in [0.15, 0.2) is 0 Å². The van der Waals surface area contributed by atoms with Crippen molar-refractivity contribution >= 4 is 12.0 Å². The van der Waals surface area contributed by atoms with E-state index in [4.69, 9.17) is 4.74 Å². The predicted octanol–water partition coefficient (Wildman–Crippen LogP) is 2.09. The van der Waals surface area contributed by atoms with Crippen LogP contribution < -0.4 is 4.90 Å². The van der Waals surface area contributed by atoms with Crippen LogP contribution in [0.1, 0.15) is 37.7 Å². The Hall–Kier alpha value is -1.61. The van der Waals surface area contributed by atoms with E-state index in [-0.39, 0.29) is 5.97 Å². The molecule has 2 fully saturated rings. The van der Waals surface area contributed by atoms with Gasteiger partial charge in [-0.05, 0) is 43.7 Å². The third-order valence-electron chi connectivity index (χ3n) is 5.08. The number of hydrogen-bond donors (Lipinski definition) is 1. The van der Waals surface area contributed by atoms with Crippen LogP contribution in [0.25, 0.3) is 6.08 Å². The van der Waals surface area contributed by atoms with Crippen LogP contribution in [0.5, 0.6) is 0 Å². The van der Waals surface area contributed by atoms with Gasteiger partial charge in [0.05, 0.1) is 19.1 Å². The standard InChI is InChI=1S/C19H25NO2/c21-19(12-11-16-7-2-1-3-8-16)22-15-17-9-6-14-20-13-5-4-10-18(17)20/h1-3,7-8,11-12,17-18H,4-6,9-10,13-15H2/p+1/b12-11+/t17-,18+/m1/s1. The molecule has 0 radical (unpaired) electrons. The second-order valence-corrected chi connectivity index (χ2v) is 6.54. The quantitative estimate of drug-likeness (QED) is 0.682. The summed E-state index contributed by atoms with van der Waals surface area (Å²) in [5.74, 6) is 0.338. The minimum absolute atomic E-state index is 0.216. The Morgan fingerprint density at radius 3 is 2.82 bits per heavy atom. The Bertz CT molecular complexity index is 509. The zero-order valence-corrected chi connectivity index (χ0v) is 13.2. The van der Waals surface area contributed by atoms with Gasteiger partial charge in [-0.3, -0.25) is 0 Å². The number of ether oxygens (including phenoxy) is 1. The highest BCUT2D eigenvalue weighted by molar-refractivity contribution is 5.87. The number of nitrogens with one attached hydrogen (secondary N) is 1. The summed E-state index contributed by atoms with van der Waals surface area (Å²) in [6, 6.07) is 10.6. The lowest BCUT2D eigenvalue weighted by atomic mass is 9.84. The molecule has 0 aromatic heterocycles. The van der Waals surface area contributed by atoms with Crippen molar-refractivity contribution < 1.29 is 14.4 Å². The first-order valence-corrected chi connectivity index (χ1v) is 8.57. The molecular weight excluding hydrogens is 274 g/mol. The second kappa shape index (κ2) is 7.59. The van der Waals surface area contributed by atoms with Gasteiger partial charge in [-0.25, -0.2) is 4.79 Å². The lowest BCUT2D eigenvalue weighted by Crippen LogP contribution is -3.18. The van der Waals surface area contributed by atoms with E-state index in [1.807, 2.05) is 36.4 Å². The topological polar surface area (TPSA) is 30.7 Å². The average molecular weight is 300 g/mol. The van der Waals surface area contributed by atoms with Gasteiger partial charge >= 0.3 is 5.97 Å². The van der Waals surface area contributed by atoms with E-state index in [1.54, 1.807) is 11.0 Å². The van der Waals surface area contributed by atoms with Crippen molar-refractivity contribution in [2.75, 3.05) is 19.7 Å². The maximum absolute atomic E-state index is 11.9. The lowest BCUT2D eigenvalue weighted by Gasteiger charge is -2.40. The number of rotatable bonds is 4. The zero-order valence-electron chi connectivity index (χ0n) is 13.2. The van der Waals surface area contributed by atoms with Crippen LogP contribution in [0.4, 0.5) is 0 Å². The molecule has 0 aliphatic carbocycles. The summed E-state index contributed by atoms with van der Waals surface area (Å²) >= 11 is 0. The van der Waals surface area contributed by atoms with Gasteiger partial charge in [0.1, 0.15) is 6.61 Å². The van der Waals surface area contributed by atoms with Crippen LogP contribution >= 0.6 is 0 Å². The van der Waals surface area contributed by atoms with Gasteiger partial charge < -0.3 is 9.64 Å². The van der Waals surface area contributed by atoms with Gasteiger partial charge in [-0.1, -0.05) is 30.3 Å². The largest absolute Gasteiger partial charge is 0.462 e. The molecule has 118 valence electrons. The van der Waals surface area contributed by atoms with E-state index in [0.717, 1.165) is 5.56 Å². The number of carbonyl (C=O) groups is 1. The normalized spacial score (nSPS) is 28.3. The average Bonchev–Trinajstić information content (AvgIpc) is 2.59. The molecule has 3 nitrogen and oxygen atoms in total. The fourth-order valence-corrected chi connectivity index (χ4v) is 3.94. The maximum Gasteiger partial charge on any atom is 0.330 e. The number of esters is 1. The van der Waals surface area contributed by atoms with Crippen LogP contribution in [0, 0.1) is 5.92 Å². The van der Waals surface area contributed by atoms with E-state index in [2.05, 4.69) is 0 Å². The Balaban J connectivity index is 1.49. The van der Waals surface area contributed by atoms with Gasteiger partial charge in [0, 0.05) is 12.0 Å². The molecule has 1 unspecified atom stereocenters. The van der Waals surface area contributed by atoms with Crippen molar-refractivity contribution in [3.63, 3.8) is 0 Å². The predicted molar refractivity (Wildman–Crippen MR) is 87.5 cm³/mol. The highest BCUT2D eigenvalue weighted by atomic mass is 16.5. The van der Waals surface area contributed by atoms with Gasteiger partial charge in [0.25, 0.3) is 0 Å². The Morgan fingerprint density at radius 2 is 1.95 bits per heavy atom. The first kappa shape index (κ1) is 15.3. The summed E-state index contributed by atoms with van der Waals surface area (Å²) in [6.07, 6.45) is 9.85. The maximum atomic E-state index is 11.9. The van der Waals surface area contributed by atoms with Crippen LogP contribution in [-0.4, -0.2) is 31.7 Å². The molecule has 0 bridgehead atoms. The van der Waals surface area contributed by atoms with Gasteiger partial charge in [-0.2, -0.15) is 0 Å². The van der Waals surface area contributed by atoms with Crippen molar-refractivity contribution in [3.05, 3.63) is 42.0 Å². The molecule has 0 amide bonds. The van der Waals surface area contributed by atoms with Crippen LogP contribution in [0.2, 0.25) is 0 Å². The molecule has 0 saturated carbocycles. The summed E-state index contributed by atoms with van der Waals surface area (Å²) in [5.41, 5.74) is 1.03. The number of hydrogen-bond acceptors (Lipinski definition) is 2. The molecule has 22 heavy (non-hydrogen) atoms. The number of fused-ring (bicyclic) bond motifs is 1. The number of carbonyl (C=O) groups excluding carboxylic acids is 1. The van der Waals surface area contributed by atoms with E-state index in [1.165, 1.54) is 45.2 Å². The zero-order chi connectivity index (χ0) is 15.2. The molecule has 2 aliphatic rings. The van der Waals surface area contributed by atoms with E-state index >= 15 is 0 Å². The van der Waals surface area contributed by atoms with Gasteiger partial charge in [-0.15, -0.1) is 0 Å². The number of piperidine rings is 2. The Kier molecular flexibility index (Phi) is 5.28. The third-order valence-corrected chi connectivity index (χ3v) is 5.08. The fraction of sp³-hybridized carbons (Fsp3) is 0.526. The summed E-state index contributed by atoms with van der Waals surface area (Å²) in [5, 5.41) is 0. The van der Waals surface area contributed by atoms with E-state index in [0.29, 0.717) is 18.6 Å². The van der Waals surface area contributed by atoms with Crippen LogP contribution in [0.15, 0.2) is 36.4 Å². The van der Waals surface area contributed by atoms with Crippen molar-refractivity contribution in [1.29, 1.82) is 0 Å². The highest BCUT2D eigenvalue weighted by Crippen LogP contribution is 2.20. The number of quaternary nitrogens is 1. The molecule has 1 N–H and O–H groups in total. The monoisotopic (exact) mass is 300 g/mol. The Labute approximate surface area is 133 Å². The third kappa shape index (κ3) is 3.98. The van der Waals surface area contributed by atoms with E-state index < -0.39 is 0 Å². The van der Waals surface area contributed by atoms with E-state index in [9.17, 15) is 4.79 Å². The minimum Gasteiger partial charge on any atom is -0.462 e. The molecule has 0 spiro atoms. The molecule has 2 heterocycles. The number of benzene rings is 1. The van der Waals surface area contributed by atoms with Crippen molar-refractivity contribution in [3.8, 4) is 0 Å². The first-order chi connectivity index (χ1) is 10.8. The van der Waals surface area contributed by atoms with Gasteiger partial charge in [0.2, 0.25) is 0 Å². The lowest BCUT2D eigenvalue weighted by molar-refractivity contribution is -0.940. The molecule has 2 aliphatic heterocycles. The second-order valence-electron chi connectivity index (χ2n) is 6.54. The summed E-state index contributed by atoms with van der Waals surface area (Å²) in [6.45, 7) is 3.21. The molecule has 3 rings (SSSR count). The molecule has 1 aromatic carbocycles.